The van der Waals surface area contributed by atoms with E-state index in [-0.39, 0.29) is 6.47 Å². The molecule has 2 unspecified atom stereocenters. The number of carboxylic acids is 1. The molecule has 0 aromatic rings. The fourth-order valence-corrected chi connectivity index (χ4v) is 1.48. The Bertz CT molecular complexity index is 281. The molecule has 1 rings (SSSR count). The normalized spacial score (nSPS) is 25.4. The Morgan fingerprint density at radius 3 is 2.79 bits per heavy atom. The van der Waals surface area contributed by atoms with Crippen LogP contribution in [0.1, 0.15) is 12.8 Å². The van der Waals surface area contributed by atoms with E-state index in [1.807, 2.05) is 0 Å². The largest absolute Gasteiger partial charge is 0.481 e. The molecule has 1 aliphatic rings. The van der Waals surface area contributed by atoms with Gasteiger partial charge >= 0.3 is 18.4 Å². The van der Waals surface area contributed by atoms with Gasteiger partial charge in [0.05, 0.1) is 11.8 Å². The van der Waals surface area contributed by atoms with E-state index in [9.17, 15) is 14.4 Å². The summed E-state index contributed by atoms with van der Waals surface area (Å²) in [4.78, 5) is 31.8. The third-order valence-corrected chi connectivity index (χ3v) is 2.17. The number of carbonyl (C=O) groups excluding carboxylic acids is 2. The van der Waals surface area contributed by atoms with Crippen molar-refractivity contribution in [2.75, 3.05) is 0 Å². The quantitative estimate of drug-likeness (QED) is 0.306. The Morgan fingerprint density at radius 1 is 1.50 bits per heavy atom. The van der Waals surface area contributed by atoms with Crippen molar-refractivity contribution >= 4 is 18.4 Å². The van der Waals surface area contributed by atoms with Crippen molar-refractivity contribution in [3.8, 4) is 0 Å². The summed E-state index contributed by atoms with van der Waals surface area (Å²) in [6, 6.07) is 0. The van der Waals surface area contributed by atoms with Gasteiger partial charge in [-0.1, -0.05) is 12.2 Å². The highest BCUT2D eigenvalue weighted by molar-refractivity contribution is 5.86. The molecule has 14 heavy (non-hydrogen) atoms. The Balaban J connectivity index is 2.76. The number of aliphatic carboxylic acids is 1. The van der Waals surface area contributed by atoms with Gasteiger partial charge in [-0.05, 0) is 12.8 Å². The average molecular weight is 198 g/mol. The summed E-state index contributed by atoms with van der Waals surface area (Å²) in [5, 5.41) is 8.80. The third kappa shape index (κ3) is 2.18. The molecule has 0 radical (unpaired) electrons. The minimum Gasteiger partial charge on any atom is -0.481 e. The molecule has 0 aromatic heterocycles. The zero-order valence-corrected chi connectivity index (χ0v) is 7.38. The van der Waals surface area contributed by atoms with Gasteiger partial charge in [0.1, 0.15) is 0 Å². The lowest BCUT2D eigenvalue weighted by Crippen LogP contribution is -2.31. The number of allylic oxidation sites excluding steroid dienone is 1. The topological polar surface area (TPSA) is 80.7 Å². The van der Waals surface area contributed by atoms with Gasteiger partial charge < -0.3 is 9.84 Å². The maximum Gasteiger partial charge on any atom is 0.321 e. The molecule has 1 N–H and O–H groups in total. The van der Waals surface area contributed by atoms with Crippen LogP contribution in [-0.2, 0) is 19.1 Å². The van der Waals surface area contributed by atoms with Gasteiger partial charge in [0.15, 0.2) is 0 Å². The summed E-state index contributed by atoms with van der Waals surface area (Å²) in [6.07, 6.45) is 4.22. The first-order chi connectivity index (χ1) is 6.66. The lowest BCUT2D eigenvalue weighted by molar-refractivity contribution is -0.159. The van der Waals surface area contributed by atoms with Crippen molar-refractivity contribution in [2.24, 2.45) is 11.8 Å². The number of ether oxygens (including phenoxy) is 1. The molecule has 0 heterocycles. The molecule has 0 bridgehead atoms. The molecule has 0 amide bonds. The Hall–Kier alpha value is -1.65. The fourth-order valence-electron chi connectivity index (χ4n) is 1.48. The van der Waals surface area contributed by atoms with Gasteiger partial charge in [0, 0.05) is 0 Å². The average Bonchev–Trinajstić information content (AvgIpc) is 2.18. The van der Waals surface area contributed by atoms with E-state index in [0.29, 0.717) is 12.8 Å². The predicted molar refractivity (Wildman–Crippen MR) is 45.1 cm³/mol. The van der Waals surface area contributed by atoms with Crippen molar-refractivity contribution in [2.45, 2.75) is 12.8 Å². The Kier molecular flexibility index (Phi) is 3.39. The number of carbonyl (C=O) groups is 3. The molecule has 0 aromatic carbocycles. The second kappa shape index (κ2) is 4.55. The van der Waals surface area contributed by atoms with E-state index in [0.717, 1.165) is 0 Å². The first-order valence-corrected chi connectivity index (χ1v) is 4.20. The summed E-state index contributed by atoms with van der Waals surface area (Å²) in [7, 11) is 0. The van der Waals surface area contributed by atoms with E-state index in [4.69, 9.17) is 5.11 Å². The van der Waals surface area contributed by atoms with Crippen molar-refractivity contribution in [1.82, 2.24) is 0 Å². The maximum absolute atomic E-state index is 11.1. The molecule has 2 atom stereocenters. The number of hydrogen-bond donors (Lipinski definition) is 1. The zero-order chi connectivity index (χ0) is 10.6. The first kappa shape index (κ1) is 10.4. The highest BCUT2D eigenvalue weighted by atomic mass is 16.6. The highest BCUT2D eigenvalue weighted by Crippen LogP contribution is 2.25. The summed E-state index contributed by atoms with van der Waals surface area (Å²) >= 11 is 0. The second-order valence-electron chi connectivity index (χ2n) is 3.01. The standard InChI is InChI=1S/C9H10O5/c10-5-14-9(13)7-4-2-1-3-6(7)8(11)12/h2,4-7H,1,3H2,(H,11,12). The van der Waals surface area contributed by atoms with Crippen LogP contribution < -0.4 is 0 Å². The Labute approximate surface area is 80.4 Å². The second-order valence-corrected chi connectivity index (χ2v) is 3.01. The summed E-state index contributed by atoms with van der Waals surface area (Å²) < 4.78 is 4.13. The summed E-state index contributed by atoms with van der Waals surface area (Å²) in [5.74, 6) is -3.47. The van der Waals surface area contributed by atoms with Crippen LogP contribution in [0.2, 0.25) is 0 Å². The van der Waals surface area contributed by atoms with Crippen LogP contribution in [-0.4, -0.2) is 23.5 Å². The summed E-state index contributed by atoms with van der Waals surface area (Å²) in [6.45, 7) is 0.0175. The highest BCUT2D eigenvalue weighted by Gasteiger charge is 2.34. The van der Waals surface area contributed by atoms with Gasteiger partial charge in [0.25, 0.3) is 0 Å². The molecule has 5 nitrogen and oxygen atoms in total. The molecular formula is C9H10O5. The van der Waals surface area contributed by atoms with Crippen molar-refractivity contribution in [3.63, 3.8) is 0 Å². The molecule has 76 valence electrons. The van der Waals surface area contributed by atoms with Gasteiger partial charge in [-0.3, -0.25) is 14.4 Å². The van der Waals surface area contributed by atoms with Gasteiger partial charge in [-0.25, -0.2) is 0 Å². The number of hydrogen-bond acceptors (Lipinski definition) is 4. The van der Waals surface area contributed by atoms with Crippen molar-refractivity contribution < 1.29 is 24.2 Å². The molecule has 0 spiro atoms. The molecule has 0 saturated carbocycles. The fraction of sp³-hybridized carbons (Fsp3) is 0.444. The van der Waals surface area contributed by atoms with Crippen LogP contribution in [0, 0.1) is 11.8 Å². The van der Waals surface area contributed by atoms with Crippen LogP contribution in [0.4, 0.5) is 0 Å². The van der Waals surface area contributed by atoms with Crippen LogP contribution in [0.15, 0.2) is 12.2 Å². The smallest absolute Gasteiger partial charge is 0.321 e. The van der Waals surface area contributed by atoms with E-state index in [2.05, 4.69) is 4.74 Å². The van der Waals surface area contributed by atoms with Crippen LogP contribution in [0.25, 0.3) is 0 Å². The SMILES string of the molecule is O=COC(=O)C1C=CCCC1C(=O)O. The minimum atomic E-state index is -1.04. The van der Waals surface area contributed by atoms with Gasteiger partial charge in [0.2, 0.25) is 0 Å². The summed E-state index contributed by atoms with van der Waals surface area (Å²) in [5.41, 5.74) is 0. The molecule has 0 fully saturated rings. The zero-order valence-electron chi connectivity index (χ0n) is 7.38. The van der Waals surface area contributed by atoms with E-state index >= 15 is 0 Å². The van der Waals surface area contributed by atoms with Crippen molar-refractivity contribution in [3.05, 3.63) is 12.2 Å². The van der Waals surface area contributed by atoms with Gasteiger partial charge in [-0.15, -0.1) is 0 Å². The van der Waals surface area contributed by atoms with E-state index in [1.165, 1.54) is 6.08 Å². The lowest BCUT2D eigenvalue weighted by atomic mass is 9.84. The Morgan fingerprint density at radius 2 is 2.21 bits per heavy atom. The molecule has 0 aliphatic heterocycles. The third-order valence-electron chi connectivity index (χ3n) is 2.17. The maximum atomic E-state index is 11.1. The van der Waals surface area contributed by atoms with Gasteiger partial charge in [-0.2, -0.15) is 0 Å². The monoisotopic (exact) mass is 198 g/mol. The van der Waals surface area contributed by atoms with Crippen molar-refractivity contribution in [1.29, 1.82) is 0 Å². The first-order valence-electron chi connectivity index (χ1n) is 4.20. The molecule has 0 saturated heterocycles. The van der Waals surface area contributed by atoms with Crippen LogP contribution in [0.5, 0.6) is 0 Å². The van der Waals surface area contributed by atoms with Crippen LogP contribution >= 0.6 is 0 Å². The number of rotatable bonds is 3. The molecular weight excluding hydrogens is 188 g/mol. The molecule has 1 aliphatic carbocycles. The minimum absolute atomic E-state index is 0.0175. The number of carboxylic acid groups (broad SMARTS) is 1. The van der Waals surface area contributed by atoms with Crippen LogP contribution in [0.3, 0.4) is 0 Å². The number of esters is 1. The lowest BCUT2D eigenvalue weighted by Gasteiger charge is -2.21. The predicted octanol–water partition coefficient (Wildman–Crippen LogP) is 0.353. The molecule has 5 heteroatoms. The van der Waals surface area contributed by atoms with E-state index in [1.54, 1.807) is 6.08 Å². The van der Waals surface area contributed by atoms with E-state index < -0.39 is 23.8 Å².